The van der Waals surface area contributed by atoms with Crippen LogP contribution in [0.3, 0.4) is 0 Å². The number of nitrogens with one attached hydrogen (secondary N) is 2. The molecule has 2 saturated carbocycles. The molecule has 0 bridgehead atoms. The van der Waals surface area contributed by atoms with Gasteiger partial charge in [0.05, 0.1) is 30.0 Å². The first-order valence-corrected chi connectivity index (χ1v) is 13.2. The second kappa shape index (κ2) is 12.3. The van der Waals surface area contributed by atoms with Crippen molar-refractivity contribution < 1.29 is 14.3 Å². The summed E-state index contributed by atoms with van der Waals surface area (Å²) in [5, 5.41) is 5.95. The van der Waals surface area contributed by atoms with E-state index in [1.807, 2.05) is 31.2 Å². The summed E-state index contributed by atoms with van der Waals surface area (Å²) >= 11 is 0. The van der Waals surface area contributed by atoms with Crippen molar-refractivity contribution in [3.63, 3.8) is 0 Å². The molecule has 2 aliphatic carbocycles. The van der Waals surface area contributed by atoms with Gasteiger partial charge in [-0.05, 0) is 50.6 Å². The lowest BCUT2D eigenvalue weighted by atomic mass is 9.68. The molecule has 2 unspecified atom stereocenters. The minimum Gasteiger partial charge on any atom is -0.461 e. The van der Waals surface area contributed by atoms with E-state index < -0.39 is 5.41 Å². The lowest BCUT2D eigenvalue weighted by Gasteiger charge is -2.44. The van der Waals surface area contributed by atoms with Crippen LogP contribution in [-0.4, -0.2) is 41.0 Å². The number of anilines is 1. The maximum absolute atomic E-state index is 13.7. The third-order valence-electron chi connectivity index (χ3n) is 7.76. The SMILES string of the molecule is C=CC1C[C@H](OC(=O)C2(c3ccccc3)CCCCCC2)C1CCNCC(=O)Nc1cnc(C)cn1. The number of aromatic nitrogens is 2. The molecule has 0 spiro atoms. The molecule has 1 heterocycles. The fourth-order valence-electron chi connectivity index (χ4n) is 5.57. The zero-order valence-electron chi connectivity index (χ0n) is 21.2. The van der Waals surface area contributed by atoms with Gasteiger partial charge in [-0.2, -0.15) is 0 Å². The van der Waals surface area contributed by atoms with Crippen LogP contribution >= 0.6 is 0 Å². The molecule has 0 aliphatic heterocycles. The highest BCUT2D eigenvalue weighted by atomic mass is 16.5. The highest BCUT2D eigenvalue weighted by Gasteiger charge is 2.47. The molecule has 1 amide bonds. The first-order chi connectivity index (χ1) is 17.5. The van der Waals surface area contributed by atoms with Gasteiger partial charge in [-0.1, -0.05) is 62.1 Å². The number of aryl methyl sites for hydroxylation is 1. The maximum atomic E-state index is 13.7. The van der Waals surface area contributed by atoms with E-state index in [2.05, 4.69) is 39.3 Å². The Balaban J connectivity index is 1.31. The van der Waals surface area contributed by atoms with E-state index in [1.54, 1.807) is 12.4 Å². The van der Waals surface area contributed by atoms with Crippen LogP contribution in [0.2, 0.25) is 0 Å². The molecule has 0 saturated heterocycles. The molecular formula is C29H38N4O3. The van der Waals surface area contributed by atoms with Crippen molar-refractivity contribution in [2.75, 3.05) is 18.4 Å². The van der Waals surface area contributed by atoms with E-state index in [0.29, 0.717) is 18.3 Å². The Labute approximate surface area is 214 Å². The standard InChI is InChI=1S/C29H38N4O3/c1-3-22-17-25(24(22)13-16-30-20-27(34)33-26-19-31-21(2)18-32-26)36-28(35)29(14-9-4-5-10-15-29)23-11-7-6-8-12-23/h3,6-8,11-12,18-19,22,24-25,30H,1,4-5,9-10,13-17,20H2,2H3,(H,32,33,34)/t22?,24?,25-/m0/s1. The topological polar surface area (TPSA) is 93.2 Å². The fraction of sp³-hybridized carbons (Fsp3) is 0.517. The number of carbonyl (C=O) groups excluding carboxylic acids is 2. The molecule has 192 valence electrons. The summed E-state index contributed by atoms with van der Waals surface area (Å²) in [4.78, 5) is 34.2. The number of amides is 1. The molecule has 2 N–H and O–H groups in total. The van der Waals surface area contributed by atoms with Gasteiger partial charge in [0.2, 0.25) is 5.91 Å². The van der Waals surface area contributed by atoms with Crippen LogP contribution in [0.15, 0.2) is 55.4 Å². The maximum Gasteiger partial charge on any atom is 0.316 e. The van der Waals surface area contributed by atoms with Gasteiger partial charge in [0.1, 0.15) is 6.10 Å². The number of carbonyl (C=O) groups is 2. The largest absolute Gasteiger partial charge is 0.461 e. The lowest BCUT2D eigenvalue weighted by Crippen LogP contribution is -2.48. The molecule has 7 nitrogen and oxygen atoms in total. The van der Waals surface area contributed by atoms with Crippen LogP contribution in [0.1, 0.15) is 62.6 Å². The van der Waals surface area contributed by atoms with E-state index in [9.17, 15) is 9.59 Å². The molecule has 1 aromatic heterocycles. The Morgan fingerprint density at radius 3 is 2.53 bits per heavy atom. The highest BCUT2D eigenvalue weighted by molar-refractivity contribution is 5.91. The second-order valence-electron chi connectivity index (χ2n) is 10.2. The number of benzene rings is 1. The van der Waals surface area contributed by atoms with Crippen molar-refractivity contribution in [1.82, 2.24) is 15.3 Å². The Bertz CT molecular complexity index is 1020. The quantitative estimate of drug-likeness (QED) is 0.216. The number of hydrogen-bond donors (Lipinski definition) is 2. The summed E-state index contributed by atoms with van der Waals surface area (Å²) in [6.45, 7) is 6.66. The van der Waals surface area contributed by atoms with E-state index >= 15 is 0 Å². The number of hydrogen-bond acceptors (Lipinski definition) is 6. The summed E-state index contributed by atoms with van der Waals surface area (Å²) in [6, 6.07) is 10.2. The Morgan fingerprint density at radius 2 is 1.86 bits per heavy atom. The number of esters is 1. The van der Waals surface area contributed by atoms with E-state index in [-0.39, 0.29) is 30.4 Å². The van der Waals surface area contributed by atoms with Gasteiger partial charge in [-0.25, -0.2) is 4.98 Å². The molecule has 2 fully saturated rings. The van der Waals surface area contributed by atoms with E-state index in [1.165, 1.54) is 12.8 Å². The number of nitrogens with zero attached hydrogens (tertiary/aromatic N) is 2. The van der Waals surface area contributed by atoms with Crippen LogP contribution in [0, 0.1) is 18.8 Å². The first kappa shape index (κ1) is 26.0. The third-order valence-corrected chi connectivity index (χ3v) is 7.76. The monoisotopic (exact) mass is 490 g/mol. The number of ether oxygens (including phenoxy) is 1. The molecule has 0 radical (unpaired) electrons. The van der Waals surface area contributed by atoms with Crippen molar-refractivity contribution in [3.8, 4) is 0 Å². The van der Waals surface area contributed by atoms with Crippen molar-refractivity contribution >= 4 is 17.7 Å². The van der Waals surface area contributed by atoms with Gasteiger partial charge in [0.25, 0.3) is 0 Å². The predicted molar refractivity (Wildman–Crippen MR) is 140 cm³/mol. The average molecular weight is 491 g/mol. The van der Waals surface area contributed by atoms with Crippen molar-refractivity contribution in [3.05, 3.63) is 66.6 Å². The van der Waals surface area contributed by atoms with Crippen LogP contribution in [-0.2, 0) is 19.7 Å². The van der Waals surface area contributed by atoms with Crippen molar-refractivity contribution in [1.29, 1.82) is 0 Å². The Hall–Kier alpha value is -3.06. The summed E-state index contributed by atoms with van der Waals surface area (Å²) in [7, 11) is 0. The summed E-state index contributed by atoms with van der Waals surface area (Å²) in [5.74, 6) is 0.741. The molecular weight excluding hydrogens is 452 g/mol. The molecule has 2 aromatic rings. The van der Waals surface area contributed by atoms with Crippen LogP contribution in [0.5, 0.6) is 0 Å². The van der Waals surface area contributed by atoms with Gasteiger partial charge in [-0.15, -0.1) is 6.58 Å². The van der Waals surface area contributed by atoms with Gasteiger partial charge in [-0.3, -0.25) is 14.6 Å². The number of allylic oxidation sites excluding steroid dienone is 1. The molecule has 36 heavy (non-hydrogen) atoms. The van der Waals surface area contributed by atoms with Gasteiger partial charge >= 0.3 is 5.97 Å². The minimum atomic E-state index is -0.545. The van der Waals surface area contributed by atoms with E-state index in [4.69, 9.17) is 4.74 Å². The zero-order valence-corrected chi connectivity index (χ0v) is 21.2. The third kappa shape index (κ3) is 6.19. The van der Waals surface area contributed by atoms with Crippen LogP contribution in [0.25, 0.3) is 0 Å². The zero-order chi connectivity index (χ0) is 25.4. The average Bonchev–Trinajstić information content (AvgIpc) is 3.15. The summed E-state index contributed by atoms with van der Waals surface area (Å²) < 4.78 is 6.24. The predicted octanol–water partition coefficient (Wildman–Crippen LogP) is 4.73. The van der Waals surface area contributed by atoms with Crippen molar-refractivity contribution in [2.45, 2.75) is 69.8 Å². The minimum absolute atomic E-state index is 0.0698. The second-order valence-corrected chi connectivity index (χ2v) is 10.2. The summed E-state index contributed by atoms with van der Waals surface area (Å²) in [5.41, 5.74) is 1.34. The normalized spacial score (nSPS) is 23.1. The van der Waals surface area contributed by atoms with Crippen LogP contribution in [0.4, 0.5) is 5.82 Å². The Kier molecular flexibility index (Phi) is 8.86. The lowest BCUT2D eigenvalue weighted by molar-refractivity contribution is -0.169. The molecule has 2 aliphatic rings. The Morgan fingerprint density at radius 1 is 1.11 bits per heavy atom. The number of rotatable bonds is 10. The fourth-order valence-corrected chi connectivity index (χ4v) is 5.57. The molecule has 3 atom stereocenters. The molecule has 1 aromatic carbocycles. The highest BCUT2D eigenvalue weighted by Crippen LogP contribution is 2.44. The summed E-state index contributed by atoms with van der Waals surface area (Å²) in [6.07, 6.45) is 12.8. The first-order valence-electron chi connectivity index (χ1n) is 13.2. The van der Waals surface area contributed by atoms with E-state index in [0.717, 1.165) is 49.8 Å². The smallest absolute Gasteiger partial charge is 0.316 e. The van der Waals surface area contributed by atoms with Crippen LogP contribution < -0.4 is 10.6 Å². The van der Waals surface area contributed by atoms with Gasteiger partial charge in [0, 0.05) is 5.92 Å². The molecule has 7 heteroatoms. The van der Waals surface area contributed by atoms with Gasteiger partial charge < -0.3 is 15.4 Å². The molecule has 4 rings (SSSR count). The van der Waals surface area contributed by atoms with Gasteiger partial charge in [0.15, 0.2) is 5.82 Å². The van der Waals surface area contributed by atoms with Crippen molar-refractivity contribution in [2.24, 2.45) is 11.8 Å².